The van der Waals surface area contributed by atoms with E-state index in [9.17, 15) is 18.4 Å². The largest absolute Gasteiger partial charge is 0.508 e. The van der Waals surface area contributed by atoms with Gasteiger partial charge in [0.2, 0.25) is 6.41 Å². The summed E-state index contributed by atoms with van der Waals surface area (Å²) in [5.74, 6) is -0.693. The Hall–Kier alpha value is -3.94. The van der Waals surface area contributed by atoms with E-state index in [1.807, 2.05) is 5.32 Å². The quantitative estimate of drug-likeness (QED) is 0.496. The summed E-state index contributed by atoms with van der Waals surface area (Å²) >= 11 is 0. The first-order valence-corrected chi connectivity index (χ1v) is 8.47. The van der Waals surface area contributed by atoms with Gasteiger partial charge in [-0.15, -0.1) is 0 Å². The zero-order valence-corrected chi connectivity index (χ0v) is 14.9. The van der Waals surface area contributed by atoms with Crippen LogP contribution in [0.15, 0.2) is 60.7 Å². The monoisotopic (exact) mass is 398 g/mol. The van der Waals surface area contributed by atoms with Crippen LogP contribution >= 0.6 is 0 Å². The number of halogens is 2. The molecular formula is C21H16F2N2O4. The molecule has 3 amide bonds. The summed E-state index contributed by atoms with van der Waals surface area (Å²) in [6.45, 7) is 0. The van der Waals surface area contributed by atoms with Crippen molar-refractivity contribution >= 4 is 12.4 Å². The van der Waals surface area contributed by atoms with E-state index >= 15 is 0 Å². The van der Waals surface area contributed by atoms with Crippen LogP contribution in [0.25, 0.3) is 11.1 Å². The zero-order valence-electron chi connectivity index (χ0n) is 14.9. The standard InChI is InChI=1S/C15H10F2N2O2.C6H6O2/c16-8-2-4-11-12(5-8)10-3-1-9(17)6-13(10)14(11)19-15(21)18-7-20;7-5-2-1-3-6(8)4-5/h1-7,14H,(H2,18,19,20,21);1-4,7-8H. The van der Waals surface area contributed by atoms with E-state index in [2.05, 4.69) is 5.32 Å². The fraction of sp³-hybridized carbons (Fsp3) is 0.0476. The molecular weight excluding hydrogens is 382 g/mol. The van der Waals surface area contributed by atoms with Crippen molar-refractivity contribution in [3.63, 3.8) is 0 Å². The van der Waals surface area contributed by atoms with Crippen molar-refractivity contribution < 1.29 is 28.6 Å². The average molecular weight is 398 g/mol. The number of nitrogens with one attached hydrogen (secondary N) is 2. The molecule has 148 valence electrons. The van der Waals surface area contributed by atoms with Crippen LogP contribution in [-0.4, -0.2) is 22.7 Å². The van der Waals surface area contributed by atoms with Crippen LogP contribution in [0, 0.1) is 11.6 Å². The number of amides is 3. The lowest BCUT2D eigenvalue weighted by atomic mass is 10.1. The molecule has 3 aromatic rings. The van der Waals surface area contributed by atoms with Gasteiger partial charge >= 0.3 is 6.03 Å². The number of hydrogen-bond acceptors (Lipinski definition) is 4. The number of fused-ring (bicyclic) bond motifs is 3. The topological polar surface area (TPSA) is 98.7 Å². The Bertz CT molecular complexity index is 1060. The van der Waals surface area contributed by atoms with E-state index in [4.69, 9.17) is 10.2 Å². The second-order valence-electron chi connectivity index (χ2n) is 6.15. The van der Waals surface area contributed by atoms with E-state index in [-0.39, 0.29) is 17.9 Å². The first-order chi connectivity index (χ1) is 13.9. The summed E-state index contributed by atoms with van der Waals surface area (Å²) in [7, 11) is 0. The minimum atomic E-state index is -0.706. The number of imide groups is 1. The lowest BCUT2D eigenvalue weighted by Gasteiger charge is -2.15. The SMILES string of the molecule is O=CNC(=O)NC1c2ccc(F)cc2-c2ccc(F)cc21.Oc1cccc(O)c1. The summed E-state index contributed by atoms with van der Waals surface area (Å²) in [6.07, 6.45) is 0.252. The van der Waals surface area contributed by atoms with E-state index in [1.54, 1.807) is 12.1 Å². The van der Waals surface area contributed by atoms with E-state index in [1.165, 1.54) is 48.5 Å². The number of carbonyl (C=O) groups is 2. The predicted octanol–water partition coefficient (Wildman–Crippen LogP) is 3.59. The molecule has 0 saturated heterocycles. The van der Waals surface area contributed by atoms with Crippen molar-refractivity contribution in [2.75, 3.05) is 0 Å². The molecule has 8 heteroatoms. The highest BCUT2D eigenvalue weighted by molar-refractivity contribution is 5.87. The number of hydrogen-bond donors (Lipinski definition) is 4. The number of carbonyl (C=O) groups excluding carboxylic acids is 2. The van der Waals surface area contributed by atoms with Crippen molar-refractivity contribution in [1.29, 1.82) is 0 Å². The minimum Gasteiger partial charge on any atom is -0.508 e. The molecule has 4 N–H and O–H groups in total. The Labute approximate surface area is 164 Å². The highest BCUT2D eigenvalue weighted by Crippen LogP contribution is 2.43. The summed E-state index contributed by atoms with van der Waals surface area (Å²) in [5.41, 5.74) is 2.43. The van der Waals surface area contributed by atoms with Crippen molar-refractivity contribution in [2.24, 2.45) is 0 Å². The van der Waals surface area contributed by atoms with Crippen LogP contribution in [0.5, 0.6) is 11.5 Å². The van der Waals surface area contributed by atoms with Gasteiger partial charge in [0.25, 0.3) is 0 Å². The maximum absolute atomic E-state index is 13.5. The number of aromatic hydroxyl groups is 2. The molecule has 0 aliphatic heterocycles. The van der Waals surface area contributed by atoms with Crippen LogP contribution < -0.4 is 10.6 Å². The molecule has 29 heavy (non-hydrogen) atoms. The molecule has 0 aromatic heterocycles. The first kappa shape index (κ1) is 19.8. The number of benzene rings is 3. The van der Waals surface area contributed by atoms with Crippen LogP contribution in [0.3, 0.4) is 0 Å². The van der Waals surface area contributed by atoms with Gasteiger partial charge in [-0.2, -0.15) is 0 Å². The molecule has 1 atom stereocenters. The van der Waals surface area contributed by atoms with Crippen LogP contribution in [-0.2, 0) is 4.79 Å². The lowest BCUT2D eigenvalue weighted by molar-refractivity contribution is -0.108. The Kier molecular flexibility index (Phi) is 5.73. The maximum Gasteiger partial charge on any atom is 0.321 e. The third-order valence-electron chi connectivity index (χ3n) is 4.24. The van der Waals surface area contributed by atoms with Crippen LogP contribution in [0.1, 0.15) is 17.2 Å². The summed E-state index contributed by atoms with van der Waals surface area (Å²) in [4.78, 5) is 21.8. The Morgan fingerprint density at radius 2 is 1.52 bits per heavy atom. The highest BCUT2D eigenvalue weighted by atomic mass is 19.1. The van der Waals surface area contributed by atoms with E-state index < -0.39 is 23.7 Å². The molecule has 3 aromatic carbocycles. The van der Waals surface area contributed by atoms with Gasteiger partial charge in [-0.3, -0.25) is 10.1 Å². The second-order valence-corrected chi connectivity index (χ2v) is 6.15. The van der Waals surface area contributed by atoms with Gasteiger partial charge < -0.3 is 15.5 Å². The number of phenolic OH excluding ortho intramolecular Hbond substituents is 2. The lowest BCUT2D eigenvalue weighted by Crippen LogP contribution is -2.37. The smallest absolute Gasteiger partial charge is 0.321 e. The van der Waals surface area contributed by atoms with Gasteiger partial charge in [-0.05, 0) is 58.7 Å². The molecule has 0 bridgehead atoms. The van der Waals surface area contributed by atoms with Crippen molar-refractivity contribution in [3.05, 3.63) is 83.4 Å². The number of phenols is 2. The second kappa shape index (κ2) is 8.39. The van der Waals surface area contributed by atoms with Crippen LogP contribution in [0.4, 0.5) is 13.6 Å². The first-order valence-electron chi connectivity index (χ1n) is 8.47. The van der Waals surface area contributed by atoms with Gasteiger partial charge in [0.1, 0.15) is 23.1 Å². The maximum atomic E-state index is 13.5. The van der Waals surface area contributed by atoms with Gasteiger partial charge in [-0.1, -0.05) is 18.2 Å². The molecule has 0 heterocycles. The molecule has 1 aliphatic rings. The molecule has 1 aliphatic carbocycles. The van der Waals surface area contributed by atoms with E-state index in [0.29, 0.717) is 22.3 Å². The average Bonchev–Trinajstić information content (AvgIpc) is 2.94. The third kappa shape index (κ3) is 4.49. The normalized spacial score (nSPS) is 13.4. The van der Waals surface area contributed by atoms with Crippen molar-refractivity contribution in [1.82, 2.24) is 10.6 Å². The predicted molar refractivity (Wildman–Crippen MR) is 101 cm³/mol. The van der Waals surface area contributed by atoms with Crippen molar-refractivity contribution in [2.45, 2.75) is 6.04 Å². The molecule has 0 fully saturated rings. The fourth-order valence-electron chi connectivity index (χ4n) is 3.07. The summed E-state index contributed by atoms with van der Waals surface area (Å²) < 4.78 is 26.9. The summed E-state index contributed by atoms with van der Waals surface area (Å²) in [5, 5.41) is 21.8. The molecule has 1 unspecified atom stereocenters. The Morgan fingerprint density at radius 3 is 2.14 bits per heavy atom. The van der Waals surface area contributed by atoms with Crippen molar-refractivity contribution in [3.8, 4) is 22.6 Å². The van der Waals surface area contributed by atoms with Gasteiger partial charge in [0, 0.05) is 6.07 Å². The third-order valence-corrected chi connectivity index (χ3v) is 4.24. The molecule has 6 nitrogen and oxygen atoms in total. The minimum absolute atomic E-state index is 0.0880. The fourth-order valence-corrected chi connectivity index (χ4v) is 3.07. The van der Waals surface area contributed by atoms with Gasteiger partial charge in [0.15, 0.2) is 0 Å². The molecule has 0 spiro atoms. The molecule has 0 radical (unpaired) electrons. The Balaban J connectivity index is 0.000000252. The number of urea groups is 1. The molecule has 0 saturated carbocycles. The Morgan fingerprint density at radius 1 is 0.862 bits per heavy atom. The summed E-state index contributed by atoms with van der Waals surface area (Å²) in [6, 6.07) is 12.8. The molecule has 4 rings (SSSR count). The van der Waals surface area contributed by atoms with Crippen LogP contribution in [0.2, 0.25) is 0 Å². The van der Waals surface area contributed by atoms with Gasteiger partial charge in [-0.25, -0.2) is 13.6 Å². The highest BCUT2D eigenvalue weighted by Gasteiger charge is 2.30. The number of rotatable bonds is 2. The van der Waals surface area contributed by atoms with E-state index in [0.717, 1.165) is 0 Å². The zero-order chi connectivity index (χ0) is 21.0. The van der Waals surface area contributed by atoms with Gasteiger partial charge in [0.05, 0.1) is 6.04 Å².